The maximum Gasteiger partial charge on any atom is 0.255 e. The molecule has 114 valence electrons. The van der Waals surface area contributed by atoms with Crippen molar-refractivity contribution in [3.05, 3.63) is 35.0 Å². The molecule has 1 amide bonds. The van der Waals surface area contributed by atoms with E-state index in [2.05, 4.69) is 15.0 Å². The first-order valence-electron chi connectivity index (χ1n) is 6.98. The maximum atomic E-state index is 12.2. The predicted molar refractivity (Wildman–Crippen MR) is 80.1 cm³/mol. The molecule has 0 aromatic carbocycles. The van der Waals surface area contributed by atoms with E-state index in [-0.39, 0.29) is 5.56 Å². The molecule has 0 aliphatic carbocycles. The molecule has 22 heavy (non-hydrogen) atoms. The number of carbonyl (C=O) groups excluding carboxylic acids is 1. The number of amides is 1. The van der Waals surface area contributed by atoms with Crippen molar-refractivity contribution in [2.75, 3.05) is 11.4 Å². The number of carbonyl (C=O) groups is 1. The van der Waals surface area contributed by atoms with Crippen molar-refractivity contribution >= 4 is 11.9 Å². The Balaban J connectivity index is 2.10. The first kappa shape index (κ1) is 14.2. The topological polar surface area (TPSA) is 107 Å². The fourth-order valence-electron chi connectivity index (χ4n) is 2.66. The first-order valence-corrected chi connectivity index (χ1v) is 6.98. The molecule has 0 bridgehead atoms. The van der Waals surface area contributed by atoms with E-state index in [1.807, 2.05) is 0 Å². The number of rotatable bonds is 3. The lowest BCUT2D eigenvalue weighted by molar-refractivity contribution is -0.119. The highest BCUT2D eigenvalue weighted by Crippen LogP contribution is 2.24. The van der Waals surface area contributed by atoms with Crippen molar-refractivity contribution in [2.45, 2.75) is 18.9 Å². The fraction of sp³-hybridized carbons (Fsp3) is 0.357. The van der Waals surface area contributed by atoms with Crippen LogP contribution in [0.3, 0.4) is 0 Å². The number of anilines is 1. The Morgan fingerprint density at radius 1 is 1.41 bits per heavy atom. The highest BCUT2D eigenvalue weighted by atomic mass is 16.1. The van der Waals surface area contributed by atoms with E-state index in [4.69, 9.17) is 5.73 Å². The van der Waals surface area contributed by atoms with Crippen LogP contribution in [0.2, 0.25) is 0 Å². The van der Waals surface area contributed by atoms with Gasteiger partial charge in [-0.15, -0.1) is 0 Å². The Hall–Kier alpha value is -2.77. The van der Waals surface area contributed by atoms with E-state index < -0.39 is 11.9 Å². The second-order valence-corrected chi connectivity index (χ2v) is 5.19. The minimum Gasteiger partial charge on any atom is -0.368 e. The zero-order valence-corrected chi connectivity index (χ0v) is 12.1. The van der Waals surface area contributed by atoms with Crippen molar-refractivity contribution in [1.82, 2.24) is 19.5 Å². The van der Waals surface area contributed by atoms with Crippen molar-refractivity contribution in [2.24, 2.45) is 12.8 Å². The summed E-state index contributed by atoms with van der Waals surface area (Å²) >= 11 is 0. The van der Waals surface area contributed by atoms with Crippen LogP contribution in [0.5, 0.6) is 0 Å². The molecule has 3 rings (SSSR count). The predicted octanol–water partition coefficient (Wildman–Crippen LogP) is -0.309. The molecule has 1 fully saturated rings. The molecular formula is C14H16N6O2. The molecule has 2 aromatic heterocycles. The number of hydrogen-bond acceptors (Lipinski definition) is 6. The summed E-state index contributed by atoms with van der Waals surface area (Å²) in [4.78, 5) is 38.0. The molecule has 8 nitrogen and oxygen atoms in total. The quantitative estimate of drug-likeness (QED) is 0.833. The lowest BCUT2D eigenvalue weighted by Gasteiger charge is -2.25. The molecule has 8 heteroatoms. The Morgan fingerprint density at radius 2 is 2.23 bits per heavy atom. The van der Waals surface area contributed by atoms with Crippen LogP contribution in [-0.4, -0.2) is 38.0 Å². The summed E-state index contributed by atoms with van der Waals surface area (Å²) in [7, 11) is 1.63. The minimum absolute atomic E-state index is 0.214. The zero-order valence-electron chi connectivity index (χ0n) is 12.1. The molecule has 1 aliphatic rings. The fourth-order valence-corrected chi connectivity index (χ4v) is 2.66. The van der Waals surface area contributed by atoms with Gasteiger partial charge >= 0.3 is 0 Å². The van der Waals surface area contributed by atoms with Crippen LogP contribution < -0.4 is 16.2 Å². The van der Waals surface area contributed by atoms with Gasteiger partial charge in [-0.05, 0) is 18.9 Å². The van der Waals surface area contributed by atoms with Gasteiger partial charge in [0.2, 0.25) is 11.9 Å². The number of aromatic nitrogens is 4. The standard InChI is InChI=1S/C14H16N6O2/c1-19-12(21)7-10(9-4-5-16-8-17-9)18-14(19)20-6-2-3-11(20)13(15)22/h4-5,7-8,11H,2-3,6H2,1H3,(H2,15,22)/t11-/m0/s1. The van der Waals surface area contributed by atoms with Crippen LogP contribution >= 0.6 is 0 Å². The third-order valence-electron chi connectivity index (χ3n) is 3.79. The van der Waals surface area contributed by atoms with E-state index in [1.54, 1.807) is 24.2 Å². The lowest BCUT2D eigenvalue weighted by Crippen LogP contribution is -2.43. The molecule has 0 radical (unpaired) electrons. The molecule has 1 saturated heterocycles. The van der Waals surface area contributed by atoms with Gasteiger partial charge < -0.3 is 10.6 Å². The summed E-state index contributed by atoms with van der Waals surface area (Å²) in [5.41, 5.74) is 6.25. The summed E-state index contributed by atoms with van der Waals surface area (Å²) in [5, 5.41) is 0. The van der Waals surface area contributed by atoms with Gasteiger partial charge in [0.05, 0.1) is 11.4 Å². The molecule has 1 aliphatic heterocycles. The van der Waals surface area contributed by atoms with Gasteiger partial charge in [-0.2, -0.15) is 0 Å². The molecule has 2 aromatic rings. The molecule has 0 saturated carbocycles. The SMILES string of the molecule is Cn1c(N2CCC[C@H]2C(N)=O)nc(-c2ccncn2)cc1=O. The lowest BCUT2D eigenvalue weighted by atomic mass is 10.2. The van der Waals surface area contributed by atoms with Gasteiger partial charge in [-0.1, -0.05) is 0 Å². The molecule has 3 heterocycles. The Kier molecular flexibility index (Phi) is 3.58. The van der Waals surface area contributed by atoms with Crippen LogP contribution in [0.1, 0.15) is 12.8 Å². The van der Waals surface area contributed by atoms with Crippen molar-refractivity contribution in [3.8, 4) is 11.4 Å². The van der Waals surface area contributed by atoms with Crippen LogP contribution in [0.4, 0.5) is 5.95 Å². The monoisotopic (exact) mass is 300 g/mol. The van der Waals surface area contributed by atoms with E-state index in [0.717, 1.165) is 6.42 Å². The summed E-state index contributed by atoms with van der Waals surface area (Å²) in [6.07, 6.45) is 4.49. The molecular weight excluding hydrogens is 284 g/mol. The second kappa shape index (κ2) is 5.55. The minimum atomic E-state index is -0.432. The third-order valence-corrected chi connectivity index (χ3v) is 3.79. The van der Waals surface area contributed by atoms with Crippen LogP contribution in [0.25, 0.3) is 11.4 Å². The Labute approximate surface area is 126 Å². The highest BCUT2D eigenvalue weighted by molar-refractivity contribution is 5.83. The smallest absolute Gasteiger partial charge is 0.255 e. The maximum absolute atomic E-state index is 12.2. The summed E-state index contributed by atoms with van der Waals surface area (Å²) in [5.74, 6) is 0.0293. The summed E-state index contributed by atoms with van der Waals surface area (Å²) < 4.78 is 1.42. The highest BCUT2D eigenvalue weighted by Gasteiger charge is 2.31. The average Bonchev–Trinajstić information content (AvgIpc) is 3.00. The van der Waals surface area contributed by atoms with Crippen molar-refractivity contribution in [3.63, 3.8) is 0 Å². The van der Waals surface area contributed by atoms with Gasteiger partial charge in [0.25, 0.3) is 5.56 Å². The Morgan fingerprint density at radius 3 is 2.91 bits per heavy atom. The average molecular weight is 300 g/mol. The van der Waals surface area contributed by atoms with Gasteiger partial charge in [0.15, 0.2) is 0 Å². The van der Waals surface area contributed by atoms with E-state index >= 15 is 0 Å². The van der Waals surface area contributed by atoms with Gasteiger partial charge in [-0.25, -0.2) is 15.0 Å². The number of nitrogens with zero attached hydrogens (tertiary/aromatic N) is 5. The van der Waals surface area contributed by atoms with E-state index in [0.29, 0.717) is 30.3 Å². The first-order chi connectivity index (χ1) is 10.6. The van der Waals surface area contributed by atoms with E-state index in [1.165, 1.54) is 17.0 Å². The van der Waals surface area contributed by atoms with Gasteiger partial charge in [0, 0.05) is 25.9 Å². The normalized spacial score (nSPS) is 17.7. The van der Waals surface area contributed by atoms with Gasteiger partial charge in [0.1, 0.15) is 12.4 Å². The number of hydrogen-bond donors (Lipinski definition) is 1. The number of nitrogens with two attached hydrogens (primary N) is 1. The second-order valence-electron chi connectivity index (χ2n) is 5.19. The van der Waals surface area contributed by atoms with Crippen molar-refractivity contribution in [1.29, 1.82) is 0 Å². The molecule has 0 unspecified atom stereocenters. The van der Waals surface area contributed by atoms with E-state index in [9.17, 15) is 9.59 Å². The zero-order chi connectivity index (χ0) is 15.7. The molecule has 1 atom stereocenters. The number of primary amides is 1. The molecule has 0 spiro atoms. The van der Waals surface area contributed by atoms with Crippen molar-refractivity contribution < 1.29 is 4.79 Å². The summed E-state index contributed by atoms with van der Waals surface area (Å²) in [6, 6.07) is 2.67. The largest absolute Gasteiger partial charge is 0.368 e. The Bertz CT molecular complexity index is 758. The van der Waals surface area contributed by atoms with Gasteiger partial charge in [-0.3, -0.25) is 14.2 Å². The van der Waals surface area contributed by atoms with Crippen LogP contribution in [0, 0.1) is 0 Å². The van der Waals surface area contributed by atoms with Crippen LogP contribution in [0.15, 0.2) is 29.5 Å². The molecule has 2 N–H and O–H groups in total. The third kappa shape index (κ3) is 2.43. The van der Waals surface area contributed by atoms with Crippen LogP contribution in [-0.2, 0) is 11.8 Å². The summed E-state index contributed by atoms with van der Waals surface area (Å²) in [6.45, 7) is 0.640.